The highest BCUT2D eigenvalue weighted by Gasteiger charge is 2.16. The van der Waals surface area contributed by atoms with E-state index in [9.17, 15) is 0 Å². The average molecular weight is 673 g/mol. The van der Waals surface area contributed by atoms with E-state index < -0.39 is 0 Å². The highest BCUT2D eigenvalue weighted by molar-refractivity contribution is 7.37. The second kappa shape index (κ2) is 13.2. The van der Waals surface area contributed by atoms with Gasteiger partial charge in [0.2, 0.25) is 0 Å². The van der Waals surface area contributed by atoms with Crippen molar-refractivity contribution in [1.82, 2.24) is 0 Å². The second-order valence-electron chi connectivity index (χ2n) is 12.9. The summed E-state index contributed by atoms with van der Waals surface area (Å²) in [5.74, 6) is 0. The van der Waals surface area contributed by atoms with E-state index in [2.05, 4.69) is 98.8 Å². The van der Waals surface area contributed by atoms with E-state index in [1.807, 2.05) is 45.3 Å². The smallest absolute Gasteiger partial charge is 0.0542 e. The number of aryl methyl sites for hydroxylation is 6. The predicted octanol–water partition coefficient (Wildman–Crippen LogP) is 14.0. The molecule has 0 atom stereocenters. The van der Waals surface area contributed by atoms with Crippen molar-refractivity contribution in [2.24, 2.45) is 0 Å². The van der Waals surface area contributed by atoms with Crippen LogP contribution in [-0.2, 0) is 38.5 Å². The molecule has 0 aliphatic heterocycles. The fraction of sp³-hybridized carbons (Fsp3) is 0.286. The van der Waals surface area contributed by atoms with Crippen molar-refractivity contribution in [2.45, 2.75) is 78.1 Å². The van der Waals surface area contributed by atoms with Gasteiger partial charge >= 0.3 is 0 Å². The Bertz CT molecular complexity index is 2100. The third-order valence-electron chi connectivity index (χ3n) is 9.46. The molecule has 8 aromatic rings. The van der Waals surface area contributed by atoms with Crippen LogP contribution in [0, 0.1) is 0 Å². The Balaban J connectivity index is 1.00. The number of unbranched alkanes of at least 4 members (excludes halogenated alkanes) is 2. The normalized spacial score (nSPS) is 12.1. The van der Waals surface area contributed by atoms with Gasteiger partial charge in [-0.2, -0.15) is 0 Å². The summed E-state index contributed by atoms with van der Waals surface area (Å²) in [7, 11) is 0. The first-order chi connectivity index (χ1) is 22.6. The van der Waals surface area contributed by atoms with Crippen LogP contribution in [0.4, 0.5) is 0 Å². The molecule has 0 bridgehead atoms. The molecule has 0 unspecified atom stereocenters. The first kappa shape index (κ1) is 30.3. The summed E-state index contributed by atoms with van der Waals surface area (Å²) in [5, 5.41) is 5.68. The van der Waals surface area contributed by atoms with Crippen LogP contribution in [0.2, 0.25) is 0 Å². The fourth-order valence-electron chi connectivity index (χ4n) is 6.73. The first-order valence-electron chi connectivity index (χ1n) is 17.0. The molecule has 232 valence electrons. The number of benzene rings is 4. The van der Waals surface area contributed by atoms with Gasteiger partial charge < -0.3 is 0 Å². The summed E-state index contributed by atoms with van der Waals surface area (Å²) in [6, 6.07) is 33.4. The summed E-state index contributed by atoms with van der Waals surface area (Å²) in [5.41, 5.74) is 5.84. The van der Waals surface area contributed by atoms with Crippen molar-refractivity contribution in [3.8, 4) is 0 Å². The number of rotatable bonds is 12. The van der Waals surface area contributed by atoms with Crippen LogP contribution >= 0.6 is 45.3 Å². The van der Waals surface area contributed by atoms with Gasteiger partial charge in [-0.05, 0) is 121 Å². The van der Waals surface area contributed by atoms with E-state index >= 15 is 0 Å². The van der Waals surface area contributed by atoms with Gasteiger partial charge in [-0.1, -0.05) is 75.2 Å². The second-order valence-corrected chi connectivity index (χ2v) is 17.3. The molecule has 0 N–H and O–H groups in total. The maximum Gasteiger partial charge on any atom is 0.0542 e. The van der Waals surface area contributed by atoms with Crippen molar-refractivity contribution in [3.63, 3.8) is 0 Å². The van der Waals surface area contributed by atoms with Crippen molar-refractivity contribution < 1.29 is 0 Å². The lowest BCUT2D eigenvalue weighted by atomic mass is 10.0. The van der Waals surface area contributed by atoms with Crippen LogP contribution in [-0.4, -0.2) is 0 Å². The van der Waals surface area contributed by atoms with Crippen LogP contribution in [0.1, 0.15) is 71.5 Å². The zero-order valence-electron chi connectivity index (χ0n) is 26.8. The number of hydrogen-bond donors (Lipinski definition) is 0. The highest BCUT2D eigenvalue weighted by Crippen LogP contribution is 2.47. The van der Waals surface area contributed by atoms with Gasteiger partial charge in [-0.25, -0.2) is 0 Å². The molecule has 4 heterocycles. The van der Waals surface area contributed by atoms with Crippen molar-refractivity contribution in [2.75, 3.05) is 0 Å². The molecule has 0 saturated heterocycles. The Morgan fingerprint density at radius 3 is 1.17 bits per heavy atom. The minimum atomic E-state index is 1.11. The summed E-state index contributed by atoms with van der Waals surface area (Å²) in [6.45, 7) is 4.53. The highest BCUT2D eigenvalue weighted by atomic mass is 32.1. The summed E-state index contributed by atoms with van der Waals surface area (Å²) in [6.07, 6.45) is 11.9. The van der Waals surface area contributed by atoms with E-state index in [-0.39, 0.29) is 0 Å². The lowest BCUT2D eigenvalue weighted by Gasteiger charge is -2.03. The van der Waals surface area contributed by atoms with Gasteiger partial charge in [-0.3, -0.25) is 0 Å². The molecule has 0 radical (unpaired) electrons. The number of hydrogen-bond acceptors (Lipinski definition) is 4. The number of fused-ring (bicyclic) bond motifs is 7. The van der Waals surface area contributed by atoms with Gasteiger partial charge in [0.15, 0.2) is 0 Å². The fourth-order valence-corrected chi connectivity index (χ4v) is 11.7. The van der Waals surface area contributed by atoms with Crippen LogP contribution in [0.25, 0.3) is 49.7 Å². The maximum atomic E-state index is 2.47. The molecule has 8 rings (SSSR count). The Labute approximate surface area is 288 Å². The minimum Gasteiger partial charge on any atom is -0.140 e. The van der Waals surface area contributed by atoms with E-state index in [0.29, 0.717) is 0 Å². The van der Waals surface area contributed by atoms with Crippen molar-refractivity contribution in [3.05, 3.63) is 117 Å². The molecule has 0 nitrogen and oxygen atoms in total. The summed E-state index contributed by atoms with van der Waals surface area (Å²) in [4.78, 5) is 2.99. The zero-order valence-corrected chi connectivity index (χ0v) is 30.1. The quantitative estimate of drug-likeness (QED) is 0.121. The predicted molar refractivity (Wildman–Crippen MR) is 210 cm³/mol. The van der Waals surface area contributed by atoms with E-state index in [1.165, 1.54) is 120 Å². The van der Waals surface area contributed by atoms with E-state index in [0.717, 1.165) is 25.7 Å². The first-order valence-corrected chi connectivity index (χ1v) is 20.3. The Morgan fingerprint density at radius 1 is 0.391 bits per heavy atom. The molecule has 0 aliphatic rings. The monoisotopic (exact) mass is 672 g/mol. The van der Waals surface area contributed by atoms with Gasteiger partial charge in [0.05, 0.1) is 9.40 Å². The van der Waals surface area contributed by atoms with Crippen LogP contribution < -0.4 is 0 Å². The SMILES string of the molecule is CCCCc1ccc(CCc2cc3cc4c(cc3s2)sc2c3cc5cc(CCc6ccc(CCCC)cc6)sc5cc3sc42)cc1. The molecular formula is C42H40S4. The van der Waals surface area contributed by atoms with Crippen LogP contribution in [0.3, 0.4) is 0 Å². The van der Waals surface area contributed by atoms with Gasteiger partial charge in [0, 0.05) is 39.3 Å². The molecule has 0 amide bonds. The maximum absolute atomic E-state index is 2.47. The average Bonchev–Trinajstić information content (AvgIpc) is 3.84. The molecule has 0 saturated carbocycles. The summed E-state index contributed by atoms with van der Waals surface area (Å²) >= 11 is 7.95. The summed E-state index contributed by atoms with van der Waals surface area (Å²) < 4.78 is 8.64. The molecule has 0 fully saturated rings. The Hall–Kier alpha value is -3.02. The van der Waals surface area contributed by atoms with Crippen molar-refractivity contribution >= 4 is 95.1 Å². The topological polar surface area (TPSA) is 0 Å². The van der Waals surface area contributed by atoms with E-state index in [1.54, 1.807) is 0 Å². The van der Waals surface area contributed by atoms with Gasteiger partial charge in [0.25, 0.3) is 0 Å². The molecule has 4 heteroatoms. The molecule has 0 spiro atoms. The zero-order chi connectivity index (χ0) is 31.0. The van der Waals surface area contributed by atoms with Gasteiger partial charge in [0.1, 0.15) is 0 Å². The standard InChI is InChI=1S/C42H40S4/c1-3-5-7-27-9-13-29(14-10-27)17-19-33-21-31-23-35-39(25-37(31)43-33)45-42-36-24-32-22-34(44-38(32)26-40(36)46-41(35)42)20-18-30-15-11-28(12-16-30)8-6-4-2/h9-16,21-26H,3-8,17-20H2,1-2H3. The largest absolute Gasteiger partial charge is 0.140 e. The Kier molecular flexibility index (Phi) is 8.73. The molecular weight excluding hydrogens is 633 g/mol. The lowest BCUT2D eigenvalue weighted by molar-refractivity contribution is 0.794. The lowest BCUT2D eigenvalue weighted by Crippen LogP contribution is -1.90. The minimum absolute atomic E-state index is 1.11. The third kappa shape index (κ3) is 6.18. The van der Waals surface area contributed by atoms with Crippen LogP contribution in [0.5, 0.6) is 0 Å². The molecule has 0 aliphatic carbocycles. The third-order valence-corrected chi connectivity index (χ3v) is 14.3. The van der Waals surface area contributed by atoms with E-state index in [4.69, 9.17) is 0 Å². The molecule has 4 aromatic heterocycles. The van der Waals surface area contributed by atoms with Crippen LogP contribution in [0.15, 0.2) is 84.9 Å². The Morgan fingerprint density at radius 2 is 0.783 bits per heavy atom. The molecule has 4 aromatic carbocycles. The van der Waals surface area contributed by atoms with Crippen molar-refractivity contribution in [1.29, 1.82) is 0 Å². The number of thiophene rings is 4. The molecule has 46 heavy (non-hydrogen) atoms. The van der Waals surface area contributed by atoms with Gasteiger partial charge in [-0.15, -0.1) is 45.3 Å².